The summed E-state index contributed by atoms with van der Waals surface area (Å²) < 4.78 is 39.8. The van der Waals surface area contributed by atoms with Crippen molar-refractivity contribution in [1.82, 2.24) is 3.97 Å². The standard InChI is InChI=1S/C15H13FN2O2S/c1-17-15-10-11-4-2-3-5-14(11)18(15)21(19,20)13-8-6-12(16)7-9-13/h2-10,17H,1H3. The number of hydrogen-bond donors (Lipinski definition) is 1. The summed E-state index contributed by atoms with van der Waals surface area (Å²) in [6, 6.07) is 13.8. The first kappa shape index (κ1) is 13.6. The molecule has 108 valence electrons. The van der Waals surface area contributed by atoms with E-state index in [2.05, 4.69) is 5.32 Å². The van der Waals surface area contributed by atoms with Crippen LogP contribution in [0.3, 0.4) is 0 Å². The molecule has 0 aliphatic heterocycles. The molecule has 0 spiro atoms. The van der Waals surface area contributed by atoms with Crippen LogP contribution in [-0.2, 0) is 10.0 Å². The molecule has 1 N–H and O–H groups in total. The van der Waals surface area contributed by atoms with E-state index in [4.69, 9.17) is 0 Å². The molecule has 0 amide bonds. The van der Waals surface area contributed by atoms with E-state index in [1.54, 1.807) is 25.2 Å². The van der Waals surface area contributed by atoms with Crippen molar-refractivity contribution in [3.63, 3.8) is 0 Å². The summed E-state index contributed by atoms with van der Waals surface area (Å²) in [7, 11) is -2.14. The van der Waals surface area contributed by atoms with Crippen LogP contribution >= 0.6 is 0 Å². The lowest BCUT2D eigenvalue weighted by Crippen LogP contribution is -2.15. The zero-order chi connectivity index (χ0) is 15.0. The van der Waals surface area contributed by atoms with Gasteiger partial charge in [0.05, 0.1) is 10.4 Å². The van der Waals surface area contributed by atoms with Gasteiger partial charge in [-0.15, -0.1) is 0 Å². The Hall–Kier alpha value is -2.34. The van der Waals surface area contributed by atoms with E-state index in [1.807, 2.05) is 12.1 Å². The molecular weight excluding hydrogens is 291 g/mol. The Balaban J connectivity index is 2.30. The summed E-state index contributed by atoms with van der Waals surface area (Å²) >= 11 is 0. The van der Waals surface area contributed by atoms with Gasteiger partial charge in [0.2, 0.25) is 0 Å². The first-order chi connectivity index (χ1) is 10.0. The molecule has 6 heteroatoms. The Morgan fingerprint density at radius 1 is 1.05 bits per heavy atom. The average molecular weight is 304 g/mol. The van der Waals surface area contributed by atoms with E-state index in [1.165, 1.54) is 16.1 Å². The van der Waals surface area contributed by atoms with Crippen molar-refractivity contribution in [3.05, 3.63) is 60.4 Å². The number of nitrogens with zero attached hydrogens (tertiary/aromatic N) is 1. The lowest BCUT2D eigenvalue weighted by atomic mass is 10.2. The maximum absolute atomic E-state index is 13.0. The summed E-state index contributed by atoms with van der Waals surface area (Å²) in [6.07, 6.45) is 0. The number of benzene rings is 2. The molecule has 3 aromatic rings. The Kier molecular flexibility index (Phi) is 3.17. The van der Waals surface area contributed by atoms with Crippen molar-refractivity contribution in [2.45, 2.75) is 4.90 Å². The van der Waals surface area contributed by atoms with Crippen molar-refractivity contribution >= 4 is 26.7 Å². The lowest BCUT2D eigenvalue weighted by molar-refractivity contribution is 0.588. The second-order valence-electron chi connectivity index (χ2n) is 4.56. The molecule has 0 aliphatic carbocycles. The van der Waals surface area contributed by atoms with Gasteiger partial charge in [0.15, 0.2) is 0 Å². The number of para-hydroxylation sites is 1. The van der Waals surface area contributed by atoms with Crippen molar-refractivity contribution in [2.75, 3.05) is 12.4 Å². The molecular formula is C15H13FN2O2S. The maximum Gasteiger partial charge on any atom is 0.269 e. The highest BCUT2D eigenvalue weighted by molar-refractivity contribution is 7.90. The van der Waals surface area contributed by atoms with Gasteiger partial charge in [-0.05, 0) is 36.4 Å². The highest BCUT2D eigenvalue weighted by Crippen LogP contribution is 2.28. The molecule has 0 aliphatic rings. The molecule has 0 radical (unpaired) electrons. The highest BCUT2D eigenvalue weighted by atomic mass is 32.2. The third-order valence-corrected chi connectivity index (χ3v) is 5.02. The fourth-order valence-corrected chi connectivity index (χ4v) is 3.79. The number of aromatic nitrogens is 1. The smallest absolute Gasteiger partial charge is 0.269 e. The molecule has 0 fully saturated rings. The molecule has 2 aromatic carbocycles. The SMILES string of the molecule is CNc1cc2ccccc2n1S(=O)(=O)c1ccc(F)cc1. The van der Waals surface area contributed by atoms with Gasteiger partial charge in [-0.1, -0.05) is 18.2 Å². The van der Waals surface area contributed by atoms with Crippen LogP contribution in [-0.4, -0.2) is 19.4 Å². The number of anilines is 1. The summed E-state index contributed by atoms with van der Waals surface area (Å²) in [6.45, 7) is 0. The minimum atomic E-state index is -3.79. The summed E-state index contributed by atoms with van der Waals surface area (Å²) in [5.74, 6) is -0.0133. The van der Waals surface area contributed by atoms with Crippen LogP contribution < -0.4 is 5.32 Å². The van der Waals surface area contributed by atoms with Crippen molar-refractivity contribution in [3.8, 4) is 0 Å². The molecule has 0 saturated heterocycles. The maximum atomic E-state index is 13.0. The quantitative estimate of drug-likeness (QED) is 0.809. The molecule has 3 rings (SSSR count). The molecule has 0 saturated carbocycles. The van der Waals surface area contributed by atoms with Crippen LogP contribution in [0, 0.1) is 5.82 Å². The average Bonchev–Trinajstić information content (AvgIpc) is 2.87. The molecule has 1 heterocycles. The van der Waals surface area contributed by atoms with Gasteiger partial charge in [0.1, 0.15) is 11.6 Å². The van der Waals surface area contributed by atoms with E-state index < -0.39 is 15.8 Å². The minimum absolute atomic E-state index is 0.0433. The normalized spacial score (nSPS) is 11.7. The predicted molar refractivity (Wildman–Crippen MR) is 80.5 cm³/mol. The van der Waals surface area contributed by atoms with Crippen LogP contribution in [0.25, 0.3) is 10.9 Å². The predicted octanol–water partition coefficient (Wildman–Crippen LogP) is 3.06. The topological polar surface area (TPSA) is 51.1 Å². The molecule has 1 aromatic heterocycles. The van der Waals surface area contributed by atoms with Crippen molar-refractivity contribution < 1.29 is 12.8 Å². The van der Waals surface area contributed by atoms with Crippen molar-refractivity contribution in [2.24, 2.45) is 0 Å². The van der Waals surface area contributed by atoms with Crippen LogP contribution in [0.4, 0.5) is 10.2 Å². The van der Waals surface area contributed by atoms with E-state index in [-0.39, 0.29) is 4.90 Å². The van der Waals surface area contributed by atoms with Gasteiger partial charge in [-0.25, -0.2) is 16.8 Å². The van der Waals surface area contributed by atoms with Crippen LogP contribution in [0.2, 0.25) is 0 Å². The summed E-state index contributed by atoms with van der Waals surface area (Å²) in [5, 5.41) is 3.69. The first-order valence-corrected chi connectivity index (χ1v) is 7.77. The van der Waals surface area contributed by atoms with Crippen LogP contribution in [0.15, 0.2) is 59.5 Å². The Morgan fingerprint density at radius 2 is 1.71 bits per heavy atom. The summed E-state index contributed by atoms with van der Waals surface area (Å²) in [4.78, 5) is 0.0433. The highest BCUT2D eigenvalue weighted by Gasteiger charge is 2.22. The Morgan fingerprint density at radius 3 is 2.38 bits per heavy atom. The zero-order valence-corrected chi connectivity index (χ0v) is 12.1. The third kappa shape index (κ3) is 2.17. The number of hydrogen-bond acceptors (Lipinski definition) is 3. The van der Waals surface area contributed by atoms with Crippen LogP contribution in [0.1, 0.15) is 0 Å². The monoisotopic (exact) mass is 304 g/mol. The number of rotatable bonds is 3. The molecule has 0 atom stereocenters. The molecule has 4 nitrogen and oxygen atoms in total. The second kappa shape index (κ2) is 4.89. The van der Waals surface area contributed by atoms with Gasteiger partial charge in [-0.3, -0.25) is 0 Å². The number of fused-ring (bicyclic) bond motifs is 1. The number of nitrogens with one attached hydrogen (secondary N) is 1. The fraction of sp³-hybridized carbons (Fsp3) is 0.0667. The van der Waals surface area contributed by atoms with Gasteiger partial charge < -0.3 is 5.32 Å². The van der Waals surface area contributed by atoms with Crippen LogP contribution in [0.5, 0.6) is 0 Å². The second-order valence-corrected chi connectivity index (χ2v) is 6.35. The molecule has 21 heavy (non-hydrogen) atoms. The fourth-order valence-electron chi connectivity index (χ4n) is 2.27. The van der Waals surface area contributed by atoms with Gasteiger partial charge in [-0.2, -0.15) is 0 Å². The van der Waals surface area contributed by atoms with Gasteiger partial charge >= 0.3 is 0 Å². The van der Waals surface area contributed by atoms with E-state index in [0.29, 0.717) is 11.3 Å². The lowest BCUT2D eigenvalue weighted by Gasteiger charge is -2.11. The summed E-state index contributed by atoms with van der Waals surface area (Å²) in [5.41, 5.74) is 0.575. The van der Waals surface area contributed by atoms with E-state index in [0.717, 1.165) is 17.5 Å². The number of halogens is 1. The Labute approximate surface area is 121 Å². The Bertz CT molecular complexity index is 899. The molecule has 0 unspecified atom stereocenters. The minimum Gasteiger partial charge on any atom is -0.374 e. The van der Waals surface area contributed by atoms with E-state index >= 15 is 0 Å². The van der Waals surface area contributed by atoms with Gasteiger partial charge in [0.25, 0.3) is 10.0 Å². The van der Waals surface area contributed by atoms with Crippen molar-refractivity contribution in [1.29, 1.82) is 0 Å². The van der Waals surface area contributed by atoms with Gasteiger partial charge in [0, 0.05) is 12.4 Å². The zero-order valence-electron chi connectivity index (χ0n) is 11.2. The first-order valence-electron chi connectivity index (χ1n) is 6.33. The largest absolute Gasteiger partial charge is 0.374 e. The van der Waals surface area contributed by atoms with E-state index in [9.17, 15) is 12.8 Å². The molecule has 0 bridgehead atoms. The third-order valence-electron chi connectivity index (χ3n) is 3.27.